The summed E-state index contributed by atoms with van der Waals surface area (Å²) in [6.45, 7) is 16.1. The van der Waals surface area contributed by atoms with Crippen molar-refractivity contribution in [3.8, 4) is 46.0 Å². The summed E-state index contributed by atoms with van der Waals surface area (Å²) in [6, 6.07) is 28.1. The number of hydrogen-bond donors (Lipinski definition) is 2. The molecule has 2 fully saturated rings. The van der Waals surface area contributed by atoms with Gasteiger partial charge in [0.15, 0.2) is 23.0 Å². The Morgan fingerprint density at radius 1 is 0.483 bits per heavy atom. The van der Waals surface area contributed by atoms with Gasteiger partial charge in [-0.3, -0.25) is 0 Å². The molecule has 2 aliphatic carbocycles. The molecule has 0 radical (unpaired) electrons. The van der Waals surface area contributed by atoms with E-state index in [9.17, 15) is 0 Å². The van der Waals surface area contributed by atoms with E-state index in [0.29, 0.717) is 36.9 Å². The van der Waals surface area contributed by atoms with E-state index >= 15 is 0 Å². The van der Waals surface area contributed by atoms with E-state index in [4.69, 9.17) is 37.9 Å². The fourth-order valence-electron chi connectivity index (χ4n) is 7.16. The lowest BCUT2D eigenvalue weighted by molar-refractivity contribution is 0.209. The first-order chi connectivity index (χ1) is 29.1. The molecule has 0 amide bonds. The Hall–Kier alpha value is -4.80. The number of rotatable bonds is 23. The fraction of sp³-hybridized carbons (Fsp3) is 0.520. The van der Waals surface area contributed by atoms with Crippen LogP contribution in [-0.2, 0) is 13.1 Å². The van der Waals surface area contributed by atoms with Gasteiger partial charge in [-0.05, 0) is 153 Å². The Kier molecular flexibility index (Phi) is 19.3. The van der Waals surface area contributed by atoms with E-state index < -0.39 is 0 Å². The normalized spacial score (nSPS) is 14.2. The van der Waals surface area contributed by atoms with Crippen LogP contribution >= 0.6 is 0 Å². The summed E-state index contributed by atoms with van der Waals surface area (Å²) in [5.74, 6) is 6.36. The van der Waals surface area contributed by atoms with Crippen molar-refractivity contribution in [2.45, 2.75) is 137 Å². The van der Waals surface area contributed by atoms with Crippen molar-refractivity contribution in [3.05, 3.63) is 96.1 Å². The van der Waals surface area contributed by atoms with Crippen LogP contribution in [-0.4, -0.2) is 63.9 Å². The summed E-state index contributed by atoms with van der Waals surface area (Å²) >= 11 is 0. The first-order valence-electron chi connectivity index (χ1n) is 22.1. The molecule has 0 aliphatic heterocycles. The predicted octanol–water partition coefficient (Wildman–Crippen LogP) is 10.7. The van der Waals surface area contributed by atoms with Gasteiger partial charge in [0, 0.05) is 38.3 Å². The lowest BCUT2D eigenvalue weighted by Gasteiger charge is -2.17. The molecule has 6 rings (SSSR count). The van der Waals surface area contributed by atoms with Crippen molar-refractivity contribution in [2.75, 3.05) is 33.4 Å². The topological polar surface area (TPSA) is 97.9 Å². The number of nitrogens with one attached hydrogen (secondary N) is 2. The molecule has 328 valence electrons. The highest BCUT2D eigenvalue weighted by molar-refractivity contribution is 5.46. The van der Waals surface area contributed by atoms with Crippen LogP contribution in [0.3, 0.4) is 0 Å². The third-order valence-corrected chi connectivity index (χ3v) is 9.90. The van der Waals surface area contributed by atoms with E-state index in [2.05, 4.69) is 47.0 Å². The Morgan fingerprint density at radius 2 is 0.917 bits per heavy atom. The van der Waals surface area contributed by atoms with Crippen molar-refractivity contribution >= 4 is 0 Å². The Morgan fingerprint density at radius 3 is 1.35 bits per heavy atom. The highest BCUT2D eigenvalue weighted by atomic mass is 16.5. The first kappa shape index (κ1) is 46.3. The molecule has 0 heterocycles. The second-order valence-electron chi connectivity index (χ2n) is 16.3. The monoisotopic (exact) mass is 827 g/mol. The second kappa shape index (κ2) is 25.1. The number of methoxy groups -OCH3 is 1. The smallest absolute Gasteiger partial charge is 0.164 e. The Balaban J connectivity index is 0.000000228. The quantitative estimate of drug-likeness (QED) is 0.0704. The number of benzene rings is 4. The Bertz CT molecular complexity index is 1820. The SMILES string of the molecule is CC(C)Oc1ccc(OC(C)C)c(OCCNCc2cccc(OC3CCCC3)c2)c1.COc1ccc(OC(C)C)c(OCCNCc2cccc(OC3CCCC3)c2)c1. The molecule has 2 aliphatic rings. The van der Waals surface area contributed by atoms with Crippen molar-refractivity contribution < 1.29 is 37.9 Å². The third-order valence-electron chi connectivity index (χ3n) is 9.90. The molecule has 10 nitrogen and oxygen atoms in total. The molecule has 4 aromatic carbocycles. The molecule has 0 saturated heterocycles. The summed E-state index contributed by atoms with van der Waals surface area (Å²) in [7, 11) is 1.65. The van der Waals surface area contributed by atoms with Crippen LogP contribution in [0.2, 0.25) is 0 Å². The van der Waals surface area contributed by atoms with Crippen LogP contribution in [0.4, 0.5) is 0 Å². The van der Waals surface area contributed by atoms with Crippen LogP contribution in [0.1, 0.15) is 104 Å². The van der Waals surface area contributed by atoms with Crippen LogP contribution in [0.5, 0.6) is 46.0 Å². The number of hydrogen-bond acceptors (Lipinski definition) is 10. The van der Waals surface area contributed by atoms with Gasteiger partial charge < -0.3 is 48.5 Å². The van der Waals surface area contributed by atoms with Crippen molar-refractivity contribution in [2.24, 2.45) is 0 Å². The molecule has 0 unspecified atom stereocenters. The van der Waals surface area contributed by atoms with Crippen LogP contribution in [0.15, 0.2) is 84.9 Å². The minimum atomic E-state index is 0.0797. The second-order valence-corrected chi connectivity index (χ2v) is 16.3. The minimum Gasteiger partial charge on any atom is -0.497 e. The zero-order chi connectivity index (χ0) is 42.5. The maximum atomic E-state index is 6.11. The fourth-order valence-corrected chi connectivity index (χ4v) is 7.16. The molecule has 0 spiro atoms. The number of ether oxygens (including phenoxy) is 8. The standard InChI is InChI=1S/C26H37NO4.C24H33NO4/c1-19(2)29-24-12-13-25(30-20(3)4)26(17-24)28-15-14-27-18-21-8-7-11-23(16-21)31-22-9-5-6-10-22;1-18(2)28-23-12-11-21(26-3)16-24(23)27-14-13-25-17-19-7-6-10-22(15-19)29-20-8-4-5-9-20/h7-8,11-13,16-17,19-20,22,27H,5-6,9-10,14-15,18H2,1-4H3;6-7,10-12,15-16,18,20,25H,4-5,8-9,13-14,17H2,1-3H3. The van der Waals surface area contributed by atoms with Gasteiger partial charge >= 0.3 is 0 Å². The first-order valence-corrected chi connectivity index (χ1v) is 22.1. The van der Waals surface area contributed by atoms with Gasteiger partial charge in [0.05, 0.1) is 37.6 Å². The van der Waals surface area contributed by atoms with Gasteiger partial charge in [0.1, 0.15) is 36.2 Å². The molecule has 60 heavy (non-hydrogen) atoms. The molecule has 0 atom stereocenters. The summed E-state index contributed by atoms with van der Waals surface area (Å²) in [4.78, 5) is 0. The maximum Gasteiger partial charge on any atom is 0.164 e. The van der Waals surface area contributed by atoms with E-state index in [1.54, 1.807) is 7.11 Å². The van der Waals surface area contributed by atoms with E-state index in [1.165, 1.54) is 62.5 Å². The largest absolute Gasteiger partial charge is 0.497 e. The Labute approximate surface area is 359 Å². The summed E-state index contributed by atoms with van der Waals surface area (Å²) in [5, 5.41) is 6.88. The van der Waals surface area contributed by atoms with Gasteiger partial charge in [0.25, 0.3) is 0 Å². The van der Waals surface area contributed by atoms with Gasteiger partial charge in [-0.2, -0.15) is 0 Å². The summed E-state index contributed by atoms with van der Waals surface area (Å²) in [5.41, 5.74) is 2.43. The summed E-state index contributed by atoms with van der Waals surface area (Å²) < 4.78 is 47.0. The lowest BCUT2D eigenvalue weighted by Crippen LogP contribution is -2.21. The van der Waals surface area contributed by atoms with Crippen molar-refractivity contribution in [1.29, 1.82) is 0 Å². The predicted molar refractivity (Wildman–Crippen MR) is 240 cm³/mol. The molecule has 2 saturated carbocycles. The average molecular weight is 827 g/mol. The van der Waals surface area contributed by atoms with Crippen LogP contribution < -0.4 is 48.5 Å². The molecule has 0 bridgehead atoms. The average Bonchev–Trinajstić information content (AvgIpc) is 3.94. The maximum absolute atomic E-state index is 6.11. The third kappa shape index (κ3) is 16.7. The van der Waals surface area contributed by atoms with E-state index in [1.807, 2.05) is 90.1 Å². The highest BCUT2D eigenvalue weighted by Gasteiger charge is 2.18. The molecular weight excluding hydrogens is 757 g/mol. The zero-order valence-corrected chi connectivity index (χ0v) is 37.1. The van der Waals surface area contributed by atoms with Gasteiger partial charge in [0.2, 0.25) is 0 Å². The molecule has 2 N–H and O–H groups in total. The van der Waals surface area contributed by atoms with Gasteiger partial charge in [-0.1, -0.05) is 24.3 Å². The van der Waals surface area contributed by atoms with Crippen molar-refractivity contribution in [1.82, 2.24) is 10.6 Å². The minimum absolute atomic E-state index is 0.0797. The zero-order valence-electron chi connectivity index (χ0n) is 37.1. The lowest BCUT2D eigenvalue weighted by atomic mass is 10.2. The van der Waals surface area contributed by atoms with Gasteiger partial charge in [-0.15, -0.1) is 0 Å². The van der Waals surface area contributed by atoms with Gasteiger partial charge in [-0.25, -0.2) is 0 Å². The molecular formula is C50H70N2O8. The molecule has 10 heteroatoms. The molecule has 4 aromatic rings. The van der Waals surface area contributed by atoms with E-state index in [0.717, 1.165) is 60.7 Å². The molecule has 0 aromatic heterocycles. The van der Waals surface area contributed by atoms with E-state index in [-0.39, 0.29) is 18.3 Å². The highest BCUT2D eigenvalue weighted by Crippen LogP contribution is 2.34. The van der Waals surface area contributed by atoms with Crippen molar-refractivity contribution in [3.63, 3.8) is 0 Å². The van der Waals surface area contributed by atoms with Crippen LogP contribution in [0.25, 0.3) is 0 Å². The summed E-state index contributed by atoms with van der Waals surface area (Å²) in [6.07, 6.45) is 10.9. The van der Waals surface area contributed by atoms with Crippen LogP contribution in [0, 0.1) is 0 Å².